The van der Waals surface area contributed by atoms with E-state index in [0.29, 0.717) is 25.0 Å². The molecular formula is C20H23NO3. The summed E-state index contributed by atoms with van der Waals surface area (Å²) < 4.78 is 4.89. The highest BCUT2D eigenvalue weighted by Gasteiger charge is 2.12. The highest BCUT2D eigenvalue weighted by Crippen LogP contribution is 2.19. The normalized spacial score (nSPS) is 11.6. The zero-order chi connectivity index (χ0) is 17.4. The molecule has 24 heavy (non-hydrogen) atoms. The molecule has 0 unspecified atom stereocenters. The van der Waals surface area contributed by atoms with Crippen LogP contribution in [0, 0.1) is 0 Å². The number of amides is 1. The van der Waals surface area contributed by atoms with Crippen LogP contribution in [-0.4, -0.2) is 24.5 Å². The SMILES string of the molecule is CCOC(=O)CC[C@@H](C)NC(=O)c1ccc(-c2ccccc2)cc1. The largest absolute Gasteiger partial charge is 0.466 e. The Labute approximate surface area is 142 Å². The van der Waals surface area contributed by atoms with Crippen LogP contribution in [0.25, 0.3) is 11.1 Å². The van der Waals surface area contributed by atoms with Gasteiger partial charge in [-0.05, 0) is 43.5 Å². The molecule has 1 amide bonds. The number of carbonyl (C=O) groups excluding carboxylic acids is 2. The summed E-state index contributed by atoms with van der Waals surface area (Å²) in [5, 5.41) is 2.91. The lowest BCUT2D eigenvalue weighted by Gasteiger charge is -2.13. The Balaban J connectivity index is 1.89. The Morgan fingerprint density at radius 3 is 2.25 bits per heavy atom. The van der Waals surface area contributed by atoms with E-state index in [1.165, 1.54) is 0 Å². The number of carbonyl (C=O) groups is 2. The molecule has 1 atom stereocenters. The number of rotatable bonds is 7. The van der Waals surface area contributed by atoms with Crippen molar-refractivity contribution in [1.29, 1.82) is 0 Å². The first-order valence-corrected chi connectivity index (χ1v) is 8.22. The van der Waals surface area contributed by atoms with E-state index in [0.717, 1.165) is 11.1 Å². The fraction of sp³-hybridized carbons (Fsp3) is 0.300. The van der Waals surface area contributed by atoms with Crippen LogP contribution >= 0.6 is 0 Å². The lowest BCUT2D eigenvalue weighted by molar-refractivity contribution is -0.143. The number of esters is 1. The standard InChI is InChI=1S/C20H23NO3/c1-3-24-19(22)14-9-15(2)21-20(23)18-12-10-17(11-13-18)16-7-5-4-6-8-16/h4-8,10-13,15H,3,9,14H2,1-2H3,(H,21,23)/t15-/m1/s1. The monoisotopic (exact) mass is 325 g/mol. The zero-order valence-electron chi connectivity index (χ0n) is 14.1. The molecule has 4 nitrogen and oxygen atoms in total. The molecule has 0 spiro atoms. The summed E-state index contributed by atoms with van der Waals surface area (Å²) >= 11 is 0. The molecular weight excluding hydrogens is 302 g/mol. The van der Waals surface area contributed by atoms with Gasteiger partial charge in [-0.2, -0.15) is 0 Å². The minimum Gasteiger partial charge on any atom is -0.466 e. The van der Waals surface area contributed by atoms with Crippen LogP contribution in [0.5, 0.6) is 0 Å². The van der Waals surface area contributed by atoms with Gasteiger partial charge in [0.15, 0.2) is 0 Å². The van der Waals surface area contributed by atoms with Gasteiger partial charge in [-0.3, -0.25) is 9.59 Å². The molecule has 0 aliphatic carbocycles. The predicted octanol–water partition coefficient (Wildman–Crippen LogP) is 3.82. The molecule has 0 saturated carbocycles. The lowest BCUT2D eigenvalue weighted by Crippen LogP contribution is -2.33. The van der Waals surface area contributed by atoms with Gasteiger partial charge < -0.3 is 10.1 Å². The third kappa shape index (κ3) is 5.23. The number of hydrogen-bond acceptors (Lipinski definition) is 3. The minimum atomic E-state index is -0.231. The average molecular weight is 325 g/mol. The van der Waals surface area contributed by atoms with Gasteiger partial charge in [0.25, 0.3) is 5.91 Å². The van der Waals surface area contributed by atoms with Crippen molar-refractivity contribution in [3.8, 4) is 11.1 Å². The first-order valence-electron chi connectivity index (χ1n) is 8.22. The topological polar surface area (TPSA) is 55.4 Å². The molecule has 0 aliphatic rings. The van der Waals surface area contributed by atoms with E-state index in [1.54, 1.807) is 6.92 Å². The van der Waals surface area contributed by atoms with Crippen molar-refractivity contribution >= 4 is 11.9 Å². The summed E-state index contributed by atoms with van der Waals surface area (Å²) in [6, 6.07) is 17.4. The molecule has 2 aromatic carbocycles. The second-order valence-electron chi connectivity index (χ2n) is 5.66. The van der Waals surface area contributed by atoms with Crippen LogP contribution in [0.4, 0.5) is 0 Å². The van der Waals surface area contributed by atoms with Gasteiger partial charge in [0.05, 0.1) is 6.61 Å². The van der Waals surface area contributed by atoms with Crippen LogP contribution in [0.1, 0.15) is 37.0 Å². The van der Waals surface area contributed by atoms with Crippen LogP contribution in [0.3, 0.4) is 0 Å². The van der Waals surface area contributed by atoms with Crippen LogP contribution in [0.2, 0.25) is 0 Å². The molecule has 0 fully saturated rings. The number of benzene rings is 2. The van der Waals surface area contributed by atoms with Crippen LogP contribution in [0.15, 0.2) is 54.6 Å². The number of nitrogens with one attached hydrogen (secondary N) is 1. The second kappa shape index (κ2) is 8.87. The summed E-state index contributed by atoms with van der Waals surface area (Å²) in [5.74, 6) is -0.364. The fourth-order valence-corrected chi connectivity index (χ4v) is 2.39. The van der Waals surface area contributed by atoms with E-state index in [1.807, 2.05) is 61.5 Å². The second-order valence-corrected chi connectivity index (χ2v) is 5.66. The summed E-state index contributed by atoms with van der Waals surface area (Å²) in [6.07, 6.45) is 0.870. The van der Waals surface area contributed by atoms with E-state index < -0.39 is 0 Å². The molecule has 2 aromatic rings. The molecule has 0 aromatic heterocycles. The number of ether oxygens (including phenoxy) is 1. The Kier molecular flexibility index (Phi) is 6.55. The Morgan fingerprint density at radius 1 is 1.00 bits per heavy atom. The zero-order valence-corrected chi connectivity index (χ0v) is 14.1. The third-order valence-corrected chi connectivity index (χ3v) is 3.72. The van der Waals surface area contributed by atoms with E-state index in [9.17, 15) is 9.59 Å². The van der Waals surface area contributed by atoms with Crippen LogP contribution in [-0.2, 0) is 9.53 Å². The van der Waals surface area contributed by atoms with Crippen molar-refractivity contribution in [3.05, 3.63) is 60.2 Å². The predicted molar refractivity (Wildman–Crippen MR) is 94.7 cm³/mol. The van der Waals surface area contributed by atoms with E-state index >= 15 is 0 Å². The third-order valence-electron chi connectivity index (χ3n) is 3.72. The van der Waals surface area contributed by atoms with Crippen molar-refractivity contribution in [3.63, 3.8) is 0 Å². The molecule has 0 radical (unpaired) electrons. The summed E-state index contributed by atoms with van der Waals surface area (Å²) in [5.41, 5.74) is 2.80. The van der Waals surface area contributed by atoms with Crippen LogP contribution < -0.4 is 5.32 Å². The maximum Gasteiger partial charge on any atom is 0.305 e. The Bertz CT molecular complexity index is 665. The average Bonchev–Trinajstić information content (AvgIpc) is 2.61. The van der Waals surface area contributed by atoms with E-state index in [2.05, 4.69) is 5.32 Å². The first-order chi connectivity index (χ1) is 11.6. The quantitative estimate of drug-likeness (QED) is 0.788. The van der Waals surface area contributed by atoms with Gasteiger partial charge in [-0.1, -0.05) is 42.5 Å². The Hall–Kier alpha value is -2.62. The highest BCUT2D eigenvalue weighted by molar-refractivity contribution is 5.94. The minimum absolute atomic E-state index is 0.0873. The van der Waals surface area contributed by atoms with Crippen molar-refractivity contribution in [2.24, 2.45) is 0 Å². The van der Waals surface area contributed by atoms with Gasteiger partial charge in [-0.25, -0.2) is 0 Å². The first kappa shape index (κ1) is 17.7. The van der Waals surface area contributed by atoms with Crippen molar-refractivity contribution < 1.29 is 14.3 Å². The fourth-order valence-electron chi connectivity index (χ4n) is 2.39. The van der Waals surface area contributed by atoms with Gasteiger partial charge in [0.1, 0.15) is 0 Å². The van der Waals surface area contributed by atoms with Crippen molar-refractivity contribution in [2.75, 3.05) is 6.61 Å². The molecule has 4 heteroatoms. The Morgan fingerprint density at radius 2 is 1.62 bits per heavy atom. The van der Waals surface area contributed by atoms with E-state index in [-0.39, 0.29) is 17.9 Å². The van der Waals surface area contributed by atoms with Crippen molar-refractivity contribution in [1.82, 2.24) is 5.32 Å². The molecule has 2 rings (SSSR count). The molecule has 0 bridgehead atoms. The summed E-state index contributed by atoms with van der Waals surface area (Å²) in [4.78, 5) is 23.6. The molecule has 0 aliphatic heterocycles. The maximum absolute atomic E-state index is 12.2. The molecule has 0 heterocycles. The molecule has 1 N–H and O–H groups in total. The van der Waals surface area contributed by atoms with Gasteiger partial charge in [-0.15, -0.1) is 0 Å². The van der Waals surface area contributed by atoms with Gasteiger partial charge >= 0.3 is 5.97 Å². The molecule has 0 saturated heterocycles. The van der Waals surface area contributed by atoms with E-state index in [4.69, 9.17) is 4.74 Å². The summed E-state index contributed by atoms with van der Waals surface area (Å²) in [6.45, 7) is 4.05. The summed E-state index contributed by atoms with van der Waals surface area (Å²) in [7, 11) is 0. The van der Waals surface area contributed by atoms with Crippen molar-refractivity contribution in [2.45, 2.75) is 32.7 Å². The number of hydrogen-bond donors (Lipinski definition) is 1. The molecule has 126 valence electrons. The lowest BCUT2D eigenvalue weighted by atomic mass is 10.0. The van der Waals surface area contributed by atoms with Gasteiger partial charge in [0.2, 0.25) is 0 Å². The smallest absolute Gasteiger partial charge is 0.305 e. The maximum atomic E-state index is 12.2. The van der Waals surface area contributed by atoms with Gasteiger partial charge in [0, 0.05) is 18.0 Å². The highest BCUT2D eigenvalue weighted by atomic mass is 16.5.